The Labute approximate surface area is 184 Å². The Hall–Kier alpha value is -3.42. The Bertz CT molecular complexity index is 1360. The number of aromatic carboxylic acids is 1. The minimum Gasteiger partial charge on any atom is -0.478 e. The number of carbonyl (C=O) groups is 1. The number of carboxylic acids is 1. The fraction of sp³-hybridized carbons (Fsp3) is 0.0435. The van der Waals surface area contributed by atoms with E-state index in [1.807, 2.05) is 18.2 Å². The first-order valence-corrected chi connectivity index (χ1v) is 11.5. The van der Waals surface area contributed by atoms with E-state index >= 15 is 0 Å². The van der Waals surface area contributed by atoms with E-state index in [1.54, 1.807) is 53.2 Å². The Kier molecular flexibility index (Phi) is 5.39. The second-order valence-electron chi connectivity index (χ2n) is 6.98. The lowest BCUT2D eigenvalue weighted by Gasteiger charge is -2.08. The predicted molar refractivity (Wildman–Crippen MR) is 120 cm³/mol. The minimum atomic E-state index is -3.31. The molecule has 31 heavy (non-hydrogen) atoms. The van der Waals surface area contributed by atoms with Crippen molar-refractivity contribution in [3.8, 4) is 28.2 Å². The maximum Gasteiger partial charge on any atom is 0.335 e. The number of benzene rings is 3. The van der Waals surface area contributed by atoms with Gasteiger partial charge in [-0.1, -0.05) is 35.9 Å². The summed E-state index contributed by atoms with van der Waals surface area (Å²) in [6, 6.07) is 22.1. The van der Waals surface area contributed by atoms with Crippen LogP contribution in [0.4, 0.5) is 0 Å². The molecule has 1 N–H and O–H groups in total. The van der Waals surface area contributed by atoms with Crippen LogP contribution in [-0.2, 0) is 9.84 Å². The summed E-state index contributed by atoms with van der Waals surface area (Å²) in [6.45, 7) is 0. The molecule has 0 aliphatic rings. The molecule has 0 aliphatic carbocycles. The van der Waals surface area contributed by atoms with Gasteiger partial charge in [0.25, 0.3) is 0 Å². The van der Waals surface area contributed by atoms with E-state index in [0.717, 1.165) is 23.1 Å². The molecule has 0 bridgehead atoms. The first kappa shape index (κ1) is 20.8. The summed E-state index contributed by atoms with van der Waals surface area (Å²) in [5.74, 6) is -0.995. The van der Waals surface area contributed by atoms with E-state index in [0.29, 0.717) is 16.4 Å². The normalized spacial score (nSPS) is 11.4. The summed E-state index contributed by atoms with van der Waals surface area (Å²) in [5, 5.41) is 14.4. The molecule has 0 saturated carbocycles. The molecule has 0 amide bonds. The van der Waals surface area contributed by atoms with Crippen molar-refractivity contribution in [2.24, 2.45) is 0 Å². The van der Waals surface area contributed by atoms with Gasteiger partial charge >= 0.3 is 5.97 Å². The summed E-state index contributed by atoms with van der Waals surface area (Å²) in [6.07, 6.45) is 1.16. The monoisotopic (exact) mass is 452 g/mol. The molecule has 6 nitrogen and oxygen atoms in total. The van der Waals surface area contributed by atoms with Gasteiger partial charge in [0.2, 0.25) is 0 Å². The average Bonchev–Trinajstić information content (AvgIpc) is 3.19. The van der Waals surface area contributed by atoms with Crippen molar-refractivity contribution in [3.63, 3.8) is 0 Å². The fourth-order valence-corrected chi connectivity index (χ4v) is 3.92. The zero-order chi connectivity index (χ0) is 22.2. The molecule has 0 saturated heterocycles. The number of halogens is 1. The molecule has 3 aromatic carbocycles. The van der Waals surface area contributed by atoms with Gasteiger partial charge in [-0.15, -0.1) is 0 Å². The Morgan fingerprint density at radius 3 is 2.03 bits per heavy atom. The van der Waals surface area contributed by atoms with Crippen molar-refractivity contribution in [1.82, 2.24) is 9.78 Å². The van der Waals surface area contributed by atoms with Gasteiger partial charge in [-0.05, 0) is 54.6 Å². The van der Waals surface area contributed by atoms with Crippen molar-refractivity contribution >= 4 is 27.4 Å². The Balaban J connectivity index is 1.84. The van der Waals surface area contributed by atoms with Crippen LogP contribution in [0.1, 0.15) is 10.4 Å². The van der Waals surface area contributed by atoms with Crippen LogP contribution in [0.25, 0.3) is 28.2 Å². The van der Waals surface area contributed by atoms with Crippen molar-refractivity contribution in [1.29, 1.82) is 0 Å². The van der Waals surface area contributed by atoms with Crippen LogP contribution in [0, 0.1) is 0 Å². The summed E-state index contributed by atoms with van der Waals surface area (Å²) < 4.78 is 25.3. The third kappa shape index (κ3) is 4.38. The van der Waals surface area contributed by atoms with Crippen LogP contribution in [0.5, 0.6) is 0 Å². The summed E-state index contributed by atoms with van der Waals surface area (Å²) in [4.78, 5) is 11.4. The Morgan fingerprint density at radius 2 is 1.48 bits per heavy atom. The fourth-order valence-electron chi connectivity index (χ4n) is 3.16. The van der Waals surface area contributed by atoms with E-state index in [2.05, 4.69) is 0 Å². The van der Waals surface area contributed by atoms with Crippen molar-refractivity contribution in [2.75, 3.05) is 6.26 Å². The van der Waals surface area contributed by atoms with Gasteiger partial charge < -0.3 is 5.11 Å². The average molecular weight is 453 g/mol. The quantitative estimate of drug-likeness (QED) is 0.462. The smallest absolute Gasteiger partial charge is 0.335 e. The van der Waals surface area contributed by atoms with Crippen molar-refractivity contribution in [2.45, 2.75) is 4.90 Å². The third-order valence-electron chi connectivity index (χ3n) is 4.79. The molecule has 4 rings (SSSR count). The van der Waals surface area contributed by atoms with Crippen molar-refractivity contribution in [3.05, 3.63) is 89.4 Å². The van der Waals surface area contributed by atoms with E-state index in [-0.39, 0.29) is 10.5 Å². The van der Waals surface area contributed by atoms with E-state index in [9.17, 15) is 13.2 Å². The highest BCUT2D eigenvalue weighted by Gasteiger charge is 2.15. The first-order valence-electron chi connectivity index (χ1n) is 9.22. The molecule has 0 atom stereocenters. The van der Waals surface area contributed by atoms with Gasteiger partial charge in [0, 0.05) is 22.4 Å². The number of hydrogen-bond acceptors (Lipinski definition) is 4. The topological polar surface area (TPSA) is 89.3 Å². The number of carboxylic acid groups (broad SMARTS) is 1. The molecule has 8 heteroatoms. The van der Waals surface area contributed by atoms with Crippen LogP contribution < -0.4 is 0 Å². The lowest BCUT2D eigenvalue weighted by Crippen LogP contribution is -2.01. The van der Waals surface area contributed by atoms with Gasteiger partial charge in [0.05, 0.1) is 27.5 Å². The van der Waals surface area contributed by atoms with E-state index in [4.69, 9.17) is 21.8 Å². The molecule has 1 heterocycles. The standard InChI is InChI=1S/C23H17ClN2O4S/c1-31(29,30)20-12-10-19(11-13-20)26-22(16-6-8-18(24)9-7-16)14-21(25-26)15-2-4-17(5-3-15)23(27)28/h2-14H,1H3,(H,27,28). The lowest BCUT2D eigenvalue weighted by molar-refractivity contribution is 0.0697. The van der Waals surface area contributed by atoms with Gasteiger partial charge in [-0.2, -0.15) is 5.10 Å². The van der Waals surface area contributed by atoms with E-state index < -0.39 is 15.8 Å². The highest BCUT2D eigenvalue weighted by Crippen LogP contribution is 2.30. The number of rotatable bonds is 5. The first-order chi connectivity index (χ1) is 14.7. The Morgan fingerprint density at radius 1 is 0.903 bits per heavy atom. The molecular weight excluding hydrogens is 436 g/mol. The van der Waals surface area contributed by atoms with Crippen LogP contribution in [-0.4, -0.2) is 35.5 Å². The SMILES string of the molecule is CS(=O)(=O)c1ccc(-n2nc(-c3ccc(C(=O)O)cc3)cc2-c2ccc(Cl)cc2)cc1. The van der Waals surface area contributed by atoms with Gasteiger partial charge in [0.15, 0.2) is 9.84 Å². The molecule has 0 radical (unpaired) electrons. The molecule has 0 fully saturated rings. The number of sulfone groups is 1. The maximum atomic E-state index is 11.8. The molecular formula is C23H17ClN2O4S. The van der Waals surface area contributed by atoms with Gasteiger partial charge in [0.1, 0.15) is 0 Å². The maximum absolute atomic E-state index is 11.8. The zero-order valence-corrected chi connectivity index (χ0v) is 17.9. The predicted octanol–water partition coefficient (Wildman–Crippen LogP) is 4.96. The third-order valence-corrected chi connectivity index (χ3v) is 6.17. The molecule has 0 aliphatic heterocycles. The number of nitrogens with zero attached hydrogens (tertiary/aromatic N) is 2. The van der Waals surface area contributed by atoms with Crippen LogP contribution in [0.2, 0.25) is 5.02 Å². The second-order valence-corrected chi connectivity index (χ2v) is 9.43. The zero-order valence-electron chi connectivity index (χ0n) is 16.4. The number of aromatic nitrogens is 2. The molecule has 1 aromatic heterocycles. The van der Waals surface area contributed by atoms with Crippen LogP contribution >= 0.6 is 11.6 Å². The molecule has 156 valence electrons. The second kappa shape index (κ2) is 8.02. The van der Waals surface area contributed by atoms with Gasteiger partial charge in [-0.3, -0.25) is 0 Å². The lowest BCUT2D eigenvalue weighted by atomic mass is 10.1. The highest BCUT2D eigenvalue weighted by molar-refractivity contribution is 7.90. The van der Waals surface area contributed by atoms with Crippen LogP contribution in [0.15, 0.2) is 83.8 Å². The van der Waals surface area contributed by atoms with Crippen LogP contribution in [0.3, 0.4) is 0 Å². The molecule has 0 unspecified atom stereocenters. The minimum absolute atomic E-state index is 0.192. The summed E-state index contributed by atoms with van der Waals surface area (Å²) >= 11 is 6.03. The van der Waals surface area contributed by atoms with Crippen molar-refractivity contribution < 1.29 is 18.3 Å². The number of hydrogen-bond donors (Lipinski definition) is 1. The van der Waals surface area contributed by atoms with E-state index in [1.165, 1.54) is 12.1 Å². The van der Waals surface area contributed by atoms with Gasteiger partial charge in [-0.25, -0.2) is 17.9 Å². The molecule has 4 aromatic rings. The summed E-state index contributed by atoms with van der Waals surface area (Å²) in [7, 11) is -3.31. The summed E-state index contributed by atoms with van der Waals surface area (Å²) in [5.41, 5.74) is 3.93. The molecule has 0 spiro atoms. The highest BCUT2D eigenvalue weighted by atomic mass is 35.5. The largest absolute Gasteiger partial charge is 0.478 e.